The molecule has 5 atom stereocenters. The van der Waals surface area contributed by atoms with Crippen LogP contribution in [-0.4, -0.2) is 17.5 Å². The lowest BCUT2D eigenvalue weighted by atomic mass is 9.58. The van der Waals surface area contributed by atoms with Crippen molar-refractivity contribution >= 4 is 0 Å². The zero-order valence-corrected chi connectivity index (χ0v) is 14.9. The molecule has 21 heavy (non-hydrogen) atoms. The fraction of sp³-hybridized carbons (Fsp3) is 1.00. The van der Waals surface area contributed by atoms with E-state index in [-0.39, 0.29) is 11.7 Å². The van der Waals surface area contributed by atoms with Crippen LogP contribution >= 0.6 is 0 Å². The molecule has 0 amide bonds. The van der Waals surface area contributed by atoms with Crippen LogP contribution in [0.2, 0.25) is 0 Å². The van der Waals surface area contributed by atoms with Crippen molar-refractivity contribution in [1.82, 2.24) is 0 Å². The van der Waals surface area contributed by atoms with Crippen molar-refractivity contribution in [1.29, 1.82) is 0 Å². The maximum absolute atomic E-state index is 6.50. The summed E-state index contributed by atoms with van der Waals surface area (Å²) in [6, 6.07) is 0. The lowest BCUT2D eigenvalue weighted by Gasteiger charge is -2.51. The molecule has 5 unspecified atom stereocenters. The first-order valence-electron chi connectivity index (χ1n) is 9.03. The summed E-state index contributed by atoms with van der Waals surface area (Å²) in [5, 5.41) is 0. The first-order chi connectivity index (χ1) is 9.65. The van der Waals surface area contributed by atoms with Gasteiger partial charge in [-0.25, -0.2) is 0 Å². The van der Waals surface area contributed by atoms with Crippen molar-refractivity contribution in [3.8, 4) is 0 Å². The zero-order valence-electron chi connectivity index (χ0n) is 14.9. The Bertz CT molecular complexity index is 400. The minimum absolute atomic E-state index is 0.100. The van der Waals surface area contributed by atoms with Crippen molar-refractivity contribution in [2.24, 2.45) is 23.2 Å². The standard InChI is InChI=1S/C19H34O2/c1-13-10-11-14(12-13)17(2,3)15-8-7-9-16-19(15,6)21-18(4,5)20-16/h13-16H,7-12H2,1-6H3. The van der Waals surface area contributed by atoms with Crippen LogP contribution in [0.1, 0.15) is 80.1 Å². The lowest BCUT2D eigenvalue weighted by molar-refractivity contribution is -0.182. The number of fused-ring (bicyclic) bond motifs is 1. The molecule has 3 rings (SSSR count). The number of rotatable bonds is 2. The van der Waals surface area contributed by atoms with E-state index in [0.717, 1.165) is 18.3 Å². The highest BCUT2D eigenvalue weighted by molar-refractivity contribution is 5.06. The molecule has 2 aliphatic carbocycles. The SMILES string of the molecule is CC1CCC(C(C)(C)C2CCCC3OC(C)(C)OC32C)C1. The summed E-state index contributed by atoms with van der Waals surface area (Å²) >= 11 is 0. The van der Waals surface area contributed by atoms with Gasteiger partial charge in [-0.2, -0.15) is 0 Å². The average Bonchev–Trinajstić information content (AvgIpc) is 2.87. The van der Waals surface area contributed by atoms with Crippen molar-refractivity contribution < 1.29 is 9.47 Å². The molecule has 3 aliphatic rings. The minimum Gasteiger partial charge on any atom is -0.344 e. The third-order valence-electron chi connectivity index (χ3n) is 6.83. The quantitative estimate of drug-likeness (QED) is 0.700. The van der Waals surface area contributed by atoms with E-state index in [1.54, 1.807) is 0 Å². The molecule has 1 aliphatic heterocycles. The fourth-order valence-electron chi connectivity index (χ4n) is 5.79. The molecule has 2 saturated carbocycles. The van der Waals surface area contributed by atoms with E-state index in [1.165, 1.54) is 32.1 Å². The Morgan fingerprint density at radius 2 is 1.71 bits per heavy atom. The number of hydrogen-bond acceptors (Lipinski definition) is 2. The topological polar surface area (TPSA) is 18.5 Å². The van der Waals surface area contributed by atoms with Crippen molar-refractivity contribution in [3.63, 3.8) is 0 Å². The number of hydrogen-bond donors (Lipinski definition) is 0. The summed E-state index contributed by atoms with van der Waals surface area (Å²) < 4.78 is 12.7. The summed E-state index contributed by atoms with van der Waals surface area (Å²) in [6.07, 6.45) is 8.23. The van der Waals surface area contributed by atoms with Gasteiger partial charge in [-0.15, -0.1) is 0 Å². The summed E-state index contributed by atoms with van der Waals surface area (Å²) in [6.45, 7) is 13.9. The van der Waals surface area contributed by atoms with Crippen molar-refractivity contribution in [2.75, 3.05) is 0 Å². The molecule has 0 aromatic heterocycles. The van der Waals surface area contributed by atoms with E-state index in [9.17, 15) is 0 Å². The van der Waals surface area contributed by atoms with E-state index in [2.05, 4.69) is 41.5 Å². The Labute approximate surface area is 131 Å². The third kappa shape index (κ3) is 2.57. The molecule has 1 saturated heterocycles. The van der Waals surface area contributed by atoms with Crippen LogP contribution in [0, 0.1) is 23.2 Å². The Morgan fingerprint density at radius 3 is 2.33 bits per heavy atom. The zero-order chi connectivity index (χ0) is 15.5. The molecule has 0 radical (unpaired) electrons. The van der Waals surface area contributed by atoms with Crippen LogP contribution in [0.25, 0.3) is 0 Å². The summed E-state index contributed by atoms with van der Waals surface area (Å²) in [5.41, 5.74) is 0.249. The van der Waals surface area contributed by atoms with E-state index < -0.39 is 5.79 Å². The third-order valence-corrected chi connectivity index (χ3v) is 6.83. The van der Waals surface area contributed by atoms with Gasteiger partial charge in [0.25, 0.3) is 0 Å². The van der Waals surface area contributed by atoms with Gasteiger partial charge < -0.3 is 9.47 Å². The molecule has 0 aromatic rings. The van der Waals surface area contributed by atoms with Gasteiger partial charge in [-0.3, -0.25) is 0 Å². The van der Waals surface area contributed by atoms with Crippen molar-refractivity contribution in [2.45, 2.75) is 97.6 Å². The smallest absolute Gasteiger partial charge is 0.164 e. The van der Waals surface area contributed by atoms with Gasteiger partial charge in [-0.05, 0) is 69.6 Å². The van der Waals surface area contributed by atoms with E-state index in [0.29, 0.717) is 11.3 Å². The highest BCUT2D eigenvalue weighted by atomic mass is 16.8. The van der Waals surface area contributed by atoms with Crippen molar-refractivity contribution in [3.05, 3.63) is 0 Å². The summed E-state index contributed by atoms with van der Waals surface area (Å²) in [7, 11) is 0. The number of ether oxygens (including phenoxy) is 2. The molecular formula is C19H34O2. The largest absolute Gasteiger partial charge is 0.344 e. The Hall–Kier alpha value is -0.0800. The van der Waals surface area contributed by atoms with E-state index in [4.69, 9.17) is 9.47 Å². The molecule has 0 aromatic carbocycles. The Morgan fingerprint density at radius 1 is 1.00 bits per heavy atom. The van der Waals surface area contributed by atoms with Crippen LogP contribution in [0.4, 0.5) is 0 Å². The first-order valence-corrected chi connectivity index (χ1v) is 9.03. The van der Waals surface area contributed by atoms with Crippen LogP contribution < -0.4 is 0 Å². The van der Waals surface area contributed by atoms with Gasteiger partial charge in [0, 0.05) is 0 Å². The van der Waals surface area contributed by atoms with Gasteiger partial charge in [0.15, 0.2) is 5.79 Å². The second-order valence-electron chi connectivity index (χ2n) is 9.21. The summed E-state index contributed by atoms with van der Waals surface area (Å²) in [5.74, 6) is 1.95. The molecule has 122 valence electrons. The monoisotopic (exact) mass is 294 g/mol. The first kappa shape index (κ1) is 15.8. The Kier molecular flexibility index (Phi) is 3.73. The van der Waals surface area contributed by atoms with E-state index >= 15 is 0 Å². The molecule has 2 nitrogen and oxygen atoms in total. The summed E-state index contributed by atoms with van der Waals surface area (Å²) in [4.78, 5) is 0. The Balaban J connectivity index is 1.86. The van der Waals surface area contributed by atoms with Gasteiger partial charge in [-0.1, -0.05) is 33.6 Å². The van der Waals surface area contributed by atoms with Gasteiger partial charge in [0.1, 0.15) is 0 Å². The molecular weight excluding hydrogens is 260 g/mol. The molecule has 3 fully saturated rings. The highest BCUT2D eigenvalue weighted by Crippen LogP contribution is 2.57. The lowest BCUT2D eigenvalue weighted by Crippen LogP contribution is -2.54. The predicted octanol–water partition coefficient (Wildman–Crippen LogP) is 5.16. The maximum Gasteiger partial charge on any atom is 0.164 e. The molecule has 1 heterocycles. The fourth-order valence-corrected chi connectivity index (χ4v) is 5.79. The average molecular weight is 294 g/mol. The van der Waals surface area contributed by atoms with Gasteiger partial charge in [0.05, 0.1) is 11.7 Å². The molecule has 0 bridgehead atoms. The van der Waals surface area contributed by atoms with Gasteiger partial charge >= 0.3 is 0 Å². The maximum atomic E-state index is 6.50. The van der Waals surface area contributed by atoms with Crippen LogP contribution in [-0.2, 0) is 9.47 Å². The predicted molar refractivity (Wildman–Crippen MR) is 86.1 cm³/mol. The second kappa shape index (κ2) is 4.96. The van der Waals surface area contributed by atoms with Gasteiger partial charge in [0.2, 0.25) is 0 Å². The van der Waals surface area contributed by atoms with Crippen LogP contribution in [0.3, 0.4) is 0 Å². The minimum atomic E-state index is -0.416. The molecule has 0 N–H and O–H groups in total. The highest BCUT2D eigenvalue weighted by Gasteiger charge is 2.60. The molecule has 2 heteroatoms. The van der Waals surface area contributed by atoms with Crippen LogP contribution in [0.5, 0.6) is 0 Å². The molecule has 0 spiro atoms. The second-order valence-corrected chi connectivity index (χ2v) is 9.21. The normalized spacial score (nSPS) is 46.6. The van der Waals surface area contributed by atoms with Crippen LogP contribution in [0.15, 0.2) is 0 Å². The van der Waals surface area contributed by atoms with E-state index in [1.807, 2.05) is 0 Å².